The van der Waals surface area contributed by atoms with Gasteiger partial charge >= 0.3 is 0 Å². The fourth-order valence-corrected chi connectivity index (χ4v) is 2.62. The molecule has 2 unspecified atom stereocenters. The third kappa shape index (κ3) is 4.12. The minimum absolute atomic E-state index is 0.189. The Kier molecular flexibility index (Phi) is 5.62. The van der Waals surface area contributed by atoms with E-state index in [2.05, 4.69) is 59.8 Å². The van der Waals surface area contributed by atoms with Crippen molar-refractivity contribution in [3.05, 3.63) is 59.4 Å². The molecule has 1 aromatic carbocycles. The Morgan fingerprint density at radius 2 is 2.36 bits per heavy atom. The molecule has 0 aromatic heterocycles. The molecule has 0 spiro atoms. The molecule has 1 aliphatic rings. The zero-order valence-corrected chi connectivity index (χ0v) is 13.3. The molecule has 0 aliphatic carbocycles. The topological polar surface area (TPSA) is 59.9 Å². The average molecular weight is 296 g/mol. The van der Waals surface area contributed by atoms with E-state index < -0.39 is 0 Å². The van der Waals surface area contributed by atoms with Crippen molar-refractivity contribution in [1.29, 1.82) is 5.26 Å². The van der Waals surface area contributed by atoms with Crippen LogP contribution in [0, 0.1) is 18.3 Å². The van der Waals surface area contributed by atoms with E-state index in [1.165, 1.54) is 16.7 Å². The number of hydrogen-bond donors (Lipinski definition) is 3. The molecular formula is C18H24N4. The highest BCUT2D eigenvalue weighted by Crippen LogP contribution is 2.14. The summed E-state index contributed by atoms with van der Waals surface area (Å²) in [5.41, 5.74) is 4.58. The summed E-state index contributed by atoms with van der Waals surface area (Å²) < 4.78 is 0. The van der Waals surface area contributed by atoms with Gasteiger partial charge < -0.3 is 16.0 Å². The molecule has 0 amide bonds. The maximum absolute atomic E-state index is 9.40. The van der Waals surface area contributed by atoms with Gasteiger partial charge in [0, 0.05) is 18.7 Å². The molecule has 0 radical (unpaired) electrons. The van der Waals surface area contributed by atoms with Crippen LogP contribution in [0.2, 0.25) is 0 Å². The summed E-state index contributed by atoms with van der Waals surface area (Å²) >= 11 is 0. The fourth-order valence-electron chi connectivity index (χ4n) is 2.62. The summed E-state index contributed by atoms with van der Waals surface area (Å²) in [5, 5.41) is 19.1. The smallest absolute Gasteiger partial charge is 0.118 e. The van der Waals surface area contributed by atoms with E-state index in [9.17, 15) is 5.26 Å². The van der Waals surface area contributed by atoms with Crippen LogP contribution >= 0.6 is 0 Å². The SMILES string of the molecule is C=C(NC(C#N)Cc1ccc(C)c(CNC)c1)C1CC=CN1. The van der Waals surface area contributed by atoms with Gasteiger partial charge in [-0.2, -0.15) is 5.26 Å². The lowest BCUT2D eigenvalue weighted by atomic mass is 10.00. The number of nitrogens with one attached hydrogen (secondary N) is 3. The van der Waals surface area contributed by atoms with Crippen LogP contribution in [0.15, 0.2) is 42.8 Å². The highest BCUT2D eigenvalue weighted by Gasteiger charge is 2.17. The fraction of sp³-hybridized carbons (Fsp3) is 0.389. The summed E-state index contributed by atoms with van der Waals surface area (Å²) in [4.78, 5) is 0. The number of hydrogen-bond acceptors (Lipinski definition) is 4. The predicted molar refractivity (Wildman–Crippen MR) is 90.0 cm³/mol. The van der Waals surface area contributed by atoms with Crippen molar-refractivity contribution in [2.45, 2.75) is 38.4 Å². The largest absolute Gasteiger partial charge is 0.383 e. The molecular weight excluding hydrogens is 272 g/mol. The van der Waals surface area contributed by atoms with E-state index in [1.807, 2.05) is 13.2 Å². The lowest BCUT2D eigenvalue weighted by Crippen LogP contribution is -2.36. The third-order valence-corrected chi connectivity index (χ3v) is 3.94. The molecule has 0 saturated heterocycles. The number of nitriles is 1. The highest BCUT2D eigenvalue weighted by molar-refractivity contribution is 5.32. The van der Waals surface area contributed by atoms with E-state index in [0.717, 1.165) is 18.7 Å². The predicted octanol–water partition coefficient (Wildman–Crippen LogP) is 2.13. The van der Waals surface area contributed by atoms with Crippen molar-refractivity contribution in [3.63, 3.8) is 0 Å². The maximum Gasteiger partial charge on any atom is 0.118 e. The van der Waals surface area contributed by atoms with Gasteiger partial charge in [0.15, 0.2) is 0 Å². The van der Waals surface area contributed by atoms with Gasteiger partial charge in [0.05, 0.1) is 12.1 Å². The van der Waals surface area contributed by atoms with Crippen molar-refractivity contribution in [2.24, 2.45) is 0 Å². The Labute approximate surface area is 132 Å². The van der Waals surface area contributed by atoms with E-state index in [4.69, 9.17) is 0 Å². The molecule has 4 heteroatoms. The molecule has 22 heavy (non-hydrogen) atoms. The van der Waals surface area contributed by atoms with Gasteiger partial charge in [-0.3, -0.25) is 0 Å². The van der Waals surface area contributed by atoms with Crippen molar-refractivity contribution in [1.82, 2.24) is 16.0 Å². The first-order valence-corrected chi connectivity index (χ1v) is 7.63. The monoisotopic (exact) mass is 296 g/mol. The first-order chi connectivity index (χ1) is 10.6. The van der Waals surface area contributed by atoms with Crippen molar-refractivity contribution < 1.29 is 0 Å². The lowest BCUT2D eigenvalue weighted by molar-refractivity contribution is 0.592. The number of benzene rings is 1. The van der Waals surface area contributed by atoms with Crippen LogP contribution in [0.4, 0.5) is 0 Å². The van der Waals surface area contributed by atoms with Crippen LogP contribution in [0.25, 0.3) is 0 Å². The summed E-state index contributed by atoms with van der Waals surface area (Å²) in [7, 11) is 1.94. The van der Waals surface area contributed by atoms with Crippen LogP contribution in [-0.4, -0.2) is 19.1 Å². The molecule has 0 bridgehead atoms. The summed E-state index contributed by atoms with van der Waals surface area (Å²) in [6.07, 6.45) is 5.60. The van der Waals surface area contributed by atoms with E-state index >= 15 is 0 Å². The Morgan fingerprint density at radius 1 is 1.55 bits per heavy atom. The standard InChI is InChI=1S/C18H24N4/c1-13-6-7-15(9-16(13)12-20-3)10-17(11-19)22-14(2)18-5-4-8-21-18/h4,6-9,17-18,20-22H,2,5,10,12H2,1,3H3. The van der Waals surface area contributed by atoms with Crippen molar-refractivity contribution in [3.8, 4) is 6.07 Å². The van der Waals surface area contributed by atoms with Gasteiger partial charge in [-0.15, -0.1) is 0 Å². The van der Waals surface area contributed by atoms with Crippen LogP contribution in [-0.2, 0) is 13.0 Å². The first-order valence-electron chi connectivity index (χ1n) is 7.63. The van der Waals surface area contributed by atoms with Crippen LogP contribution in [0.1, 0.15) is 23.1 Å². The third-order valence-electron chi connectivity index (χ3n) is 3.94. The van der Waals surface area contributed by atoms with Gasteiger partial charge in [0.1, 0.15) is 6.04 Å². The maximum atomic E-state index is 9.40. The van der Waals surface area contributed by atoms with Crippen LogP contribution in [0.3, 0.4) is 0 Å². The van der Waals surface area contributed by atoms with Crippen molar-refractivity contribution >= 4 is 0 Å². The number of rotatable bonds is 7. The van der Waals surface area contributed by atoms with Crippen LogP contribution < -0.4 is 16.0 Å². The Morgan fingerprint density at radius 3 is 3.00 bits per heavy atom. The van der Waals surface area contributed by atoms with E-state index in [-0.39, 0.29) is 12.1 Å². The lowest BCUT2D eigenvalue weighted by Gasteiger charge is -2.20. The number of nitrogens with zero attached hydrogens (tertiary/aromatic N) is 1. The van der Waals surface area contributed by atoms with Gasteiger partial charge in [-0.25, -0.2) is 0 Å². The van der Waals surface area contributed by atoms with Crippen molar-refractivity contribution in [2.75, 3.05) is 7.05 Å². The first kappa shape index (κ1) is 16.1. The quantitative estimate of drug-likeness (QED) is 0.721. The van der Waals surface area contributed by atoms with Gasteiger partial charge in [0.2, 0.25) is 0 Å². The molecule has 0 saturated carbocycles. The zero-order chi connectivity index (χ0) is 15.9. The minimum Gasteiger partial charge on any atom is -0.383 e. The Balaban J connectivity index is 1.99. The van der Waals surface area contributed by atoms with Gasteiger partial charge in [0.25, 0.3) is 0 Å². The zero-order valence-electron chi connectivity index (χ0n) is 13.3. The second-order valence-electron chi connectivity index (χ2n) is 5.70. The molecule has 0 fully saturated rings. The second kappa shape index (κ2) is 7.67. The summed E-state index contributed by atoms with van der Waals surface area (Å²) in [6.45, 7) is 7.00. The highest BCUT2D eigenvalue weighted by atomic mass is 15.0. The molecule has 116 valence electrons. The van der Waals surface area contributed by atoms with Gasteiger partial charge in [-0.05, 0) is 43.3 Å². The van der Waals surface area contributed by atoms with E-state index in [1.54, 1.807) is 0 Å². The Hall–Kier alpha value is -2.25. The number of aryl methyl sites for hydroxylation is 1. The molecule has 4 nitrogen and oxygen atoms in total. The molecule has 1 aliphatic heterocycles. The molecule has 1 aromatic rings. The average Bonchev–Trinajstić information content (AvgIpc) is 3.04. The molecule has 2 atom stereocenters. The Bertz CT molecular complexity index is 590. The molecule has 3 N–H and O–H groups in total. The second-order valence-corrected chi connectivity index (χ2v) is 5.70. The van der Waals surface area contributed by atoms with E-state index in [0.29, 0.717) is 6.42 Å². The normalized spacial score (nSPS) is 17.6. The molecule has 1 heterocycles. The van der Waals surface area contributed by atoms with Crippen LogP contribution in [0.5, 0.6) is 0 Å². The van der Waals surface area contributed by atoms with Gasteiger partial charge in [-0.1, -0.05) is 30.9 Å². The summed E-state index contributed by atoms with van der Waals surface area (Å²) in [5.74, 6) is 0. The summed E-state index contributed by atoms with van der Waals surface area (Å²) in [6, 6.07) is 8.65. The minimum atomic E-state index is -0.264. The molecule has 2 rings (SSSR count).